The summed E-state index contributed by atoms with van der Waals surface area (Å²) in [4.78, 5) is 18.2. The first-order valence-corrected chi connectivity index (χ1v) is 7.63. The normalized spacial score (nSPS) is 23.4. The van der Waals surface area contributed by atoms with Crippen LogP contribution in [0.1, 0.15) is 25.0 Å². The highest BCUT2D eigenvalue weighted by molar-refractivity contribution is 7.90. The largest absolute Gasteiger partial charge is 0.469 e. The van der Waals surface area contributed by atoms with Gasteiger partial charge in [0.05, 0.1) is 31.1 Å². The van der Waals surface area contributed by atoms with Crippen LogP contribution in [-0.2, 0) is 26.1 Å². The van der Waals surface area contributed by atoms with Crippen LogP contribution >= 0.6 is 0 Å². The van der Waals surface area contributed by atoms with Gasteiger partial charge in [0.25, 0.3) is 0 Å². The predicted molar refractivity (Wildman–Crippen MR) is 67.5 cm³/mol. The second-order valence-electron chi connectivity index (χ2n) is 4.54. The first kappa shape index (κ1) is 14.0. The monoisotopic (exact) mass is 287 g/mol. The molecule has 2 N–H and O–H groups in total. The molecule has 8 heteroatoms. The number of nitrogens with one attached hydrogen (secondary N) is 2. The van der Waals surface area contributed by atoms with Gasteiger partial charge in [0, 0.05) is 11.9 Å². The number of imidazole rings is 1. The number of rotatable bonds is 5. The van der Waals surface area contributed by atoms with Crippen molar-refractivity contribution in [2.24, 2.45) is 5.92 Å². The Morgan fingerprint density at radius 2 is 2.37 bits per heavy atom. The molecule has 0 bridgehead atoms. The second-order valence-corrected chi connectivity index (χ2v) is 6.53. The van der Waals surface area contributed by atoms with Crippen LogP contribution in [0.2, 0.25) is 0 Å². The van der Waals surface area contributed by atoms with Crippen molar-refractivity contribution in [3.63, 3.8) is 0 Å². The highest BCUT2D eigenvalue weighted by Gasteiger charge is 2.42. The second kappa shape index (κ2) is 5.70. The van der Waals surface area contributed by atoms with E-state index >= 15 is 0 Å². The Kier molecular flexibility index (Phi) is 4.20. The van der Waals surface area contributed by atoms with Crippen LogP contribution in [-0.4, -0.2) is 36.7 Å². The lowest BCUT2D eigenvalue weighted by atomic mass is 10.1. The molecule has 0 aliphatic heterocycles. The Morgan fingerprint density at radius 1 is 1.58 bits per heavy atom. The molecule has 0 radical (unpaired) electrons. The van der Waals surface area contributed by atoms with Crippen molar-refractivity contribution in [1.82, 2.24) is 14.7 Å². The number of carbonyl (C=O) groups is 1. The number of carbonyl (C=O) groups excluding carboxylic acids is 1. The molecule has 2 rings (SSSR count). The van der Waals surface area contributed by atoms with Gasteiger partial charge in [-0.3, -0.25) is 4.79 Å². The van der Waals surface area contributed by atoms with Crippen molar-refractivity contribution in [3.8, 4) is 0 Å². The van der Waals surface area contributed by atoms with Crippen LogP contribution in [0.3, 0.4) is 0 Å². The van der Waals surface area contributed by atoms with Crippen molar-refractivity contribution in [2.45, 2.75) is 31.1 Å². The molecule has 0 saturated heterocycles. The number of aromatic nitrogens is 2. The number of ether oxygens (including phenoxy) is 1. The zero-order valence-electron chi connectivity index (χ0n) is 10.6. The standard InChI is InChI=1S/C11H17N3O4S/c1-18-11(15)9-3-2-4-10(9)19(16,17)14-6-8-5-12-7-13-8/h5,7,9-10,14H,2-4,6H2,1H3,(H,12,13). The molecule has 1 saturated carbocycles. The van der Waals surface area contributed by atoms with Crippen molar-refractivity contribution in [3.05, 3.63) is 18.2 Å². The number of methoxy groups -OCH3 is 1. The lowest BCUT2D eigenvalue weighted by Crippen LogP contribution is -2.39. The molecule has 0 amide bonds. The van der Waals surface area contributed by atoms with E-state index in [-0.39, 0.29) is 6.54 Å². The van der Waals surface area contributed by atoms with Crippen LogP contribution in [0.25, 0.3) is 0 Å². The number of aromatic amines is 1. The molecular weight excluding hydrogens is 270 g/mol. The van der Waals surface area contributed by atoms with Crippen molar-refractivity contribution < 1.29 is 17.9 Å². The molecule has 2 atom stereocenters. The molecule has 19 heavy (non-hydrogen) atoms. The van der Waals surface area contributed by atoms with E-state index < -0.39 is 27.2 Å². The minimum absolute atomic E-state index is 0.146. The third-order valence-electron chi connectivity index (χ3n) is 3.37. The molecule has 1 aliphatic carbocycles. The topological polar surface area (TPSA) is 101 Å². The van der Waals surface area contributed by atoms with Gasteiger partial charge in [0.1, 0.15) is 0 Å². The maximum Gasteiger partial charge on any atom is 0.310 e. The molecule has 0 spiro atoms. The molecular formula is C11H17N3O4S. The van der Waals surface area contributed by atoms with E-state index in [2.05, 4.69) is 19.4 Å². The molecule has 1 aliphatic rings. The predicted octanol–water partition coefficient (Wildman–Crippen LogP) is 0.171. The number of nitrogens with zero attached hydrogens (tertiary/aromatic N) is 1. The van der Waals surface area contributed by atoms with Gasteiger partial charge in [-0.15, -0.1) is 0 Å². The lowest BCUT2D eigenvalue weighted by Gasteiger charge is -2.18. The van der Waals surface area contributed by atoms with Gasteiger partial charge in [0.2, 0.25) is 10.0 Å². The minimum atomic E-state index is -3.54. The van der Waals surface area contributed by atoms with Gasteiger partial charge in [-0.1, -0.05) is 6.42 Å². The fourth-order valence-corrected chi connectivity index (χ4v) is 4.11. The van der Waals surface area contributed by atoms with Gasteiger partial charge < -0.3 is 9.72 Å². The zero-order valence-corrected chi connectivity index (χ0v) is 11.4. The number of esters is 1. The van der Waals surface area contributed by atoms with Gasteiger partial charge >= 0.3 is 5.97 Å². The van der Waals surface area contributed by atoms with E-state index in [1.54, 1.807) is 6.20 Å². The number of sulfonamides is 1. The average Bonchev–Trinajstić information content (AvgIpc) is 3.06. The lowest BCUT2D eigenvalue weighted by molar-refractivity contribution is -0.145. The van der Waals surface area contributed by atoms with Crippen molar-refractivity contribution in [1.29, 1.82) is 0 Å². The first-order valence-electron chi connectivity index (χ1n) is 6.08. The summed E-state index contributed by atoms with van der Waals surface area (Å²) in [5, 5.41) is -0.706. The van der Waals surface area contributed by atoms with Gasteiger partial charge in [-0.05, 0) is 12.8 Å². The molecule has 1 fully saturated rings. The summed E-state index contributed by atoms with van der Waals surface area (Å²) < 4.78 is 31.6. The summed E-state index contributed by atoms with van der Waals surface area (Å²) in [6.45, 7) is 0.146. The average molecular weight is 287 g/mol. The third kappa shape index (κ3) is 3.13. The summed E-state index contributed by atoms with van der Waals surface area (Å²) in [6.07, 6.45) is 4.79. The fraction of sp³-hybridized carbons (Fsp3) is 0.636. The Hall–Kier alpha value is -1.41. The highest BCUT2D eigenvalue weighted by atomic mass is 32.2. The minimum Gasteiger partial charge on any atom is -0.469 e. The Morgan fingerprint density at radius 3 is 3.00 bits per heavy atom. The summed E-state index contributed by atoms with van der Waals surface area (Å²) in [5.74, 6) is -1.02. The van der Waals surface area contributed by atoms with E-state index in [1.807, 2.05) is 0 Å². The summed E-state index contributed by atoms with van der Waals surface area (Å²) in [5.41, 5.74) is 0.677. The molecule has 0 aromatic carbocycles. The SMILES string of the molecule is COC(=O)C1CCCC1S(=O)(=O)NCc1cnc[nH]1. The molecule has 1 aromatic rings. The van der Waals surface area contributed by atoms with E-state index in [0.717, 1.165) is 6.42 Å². The van der Waals surface area contributed by atoms with E-state index in [0.29, 0.717) is 18.5 Å². The Bertz CT molecular complexity index is 526. The number of H-pyrrole nitrogens is 1. The van der Waals surface area contributed by atoms with Crippen LogP contribution < -0.4 is 4.72 Å². The molecule has 1 aromatic heterocycles. The quantitative estimate of drug-likeness (QED) is 0.752. The number of hydrogen-bond donors (Lipinski definition) is 2. The summed E-state index contributed by atoms with van der Waals surface area (Å²) in [6, 6.07) is 0. The molecule has 1 heterocycles. The van der Waals surface area contributed by atoms with Crippen LogP contribution in [0.15, 0.2) is 12.5 Å². The summed E-state index contributed by atoms with van der Waals surface area (Å²) >= 11 is 0. The van der Waals surface area contributed by atoms with E-state index in [9.17, 15) is 13.2 Å². The Balaban J connectivity index is 2.04. The maximum atomic E-state index is 12.2. The Labute approximate surface area is 111 Å². The van der Waals surface area contributed by atoms with Crippen molar-refractivity contribution >= 4 is 16.0 Å². The van der Waals surface area contributed by atoms with Gasteiger partial charge in [-0.2, -0.15) is 0 Å². The molecule has 2 unspecified atom stereocenters. The fourth-order valence-electron chi connectivity index (χ4n) is 2.39. The van der Waals surface area contributed by atoms with E-state index in [1.165, 1.54) is 13.4 Å². The third-order valence-corrected chi connectivity index (χ3v) is 5.28. The van der Waals surface area contributed by atoms with Gasteiger partial charge in [-0.25, -0.2) is 18.1 Å². The summed E-state index contributed by atoms with van der Waals surface area (Å²) in [7, 11) is -2.26. The number of hydrogen-bond acceptors (Lipinski definition) is 5. The first-order chi connectivity index (χ1) is 9.04. The van der Waals surface area contributed by atoms with Crippen LogP contribution in [0.4, 0.5) is 0 Å². The van der Waals surface area contributed by atoms with Crippen molar-refractivity contribution in [2.75, 3.05) is 7.11 Å². The smallest absolute Gasteiger partial charge is 0.310 e. The molecule has 7 nitrogen and oxygen atoms in total. The highest BCUT2D eigenvalue weighted by Crippen LogP contribution is 2.31. The molecule has 106 valence electrons. The van der Waals surface area contributed by atoms with Crippen LogP contribution in [0.5, 0.6) is 0 Å². The zero-order chi connectivity index (χ0) is 13.9. The van der Waals surface area contributed by atoms with E-state index in [4.69, 9.17) is 0 Å². The van der Waals surface area contributed by atoms with Gasteiger partial charge in [0.15, 0.2) is 0 Å². The van der Waals surface area contributed by atoms with Crippen LogP contribution in [0, 0.1) is 5.92 Å². The maximum absolute atomic E-state index is 12.2.